The number of rotatable bonds is 9. The van der Waals surface area contributed by atoms with Gasteiger partial charge in [-0.05, 0) is 104 Å². The number of ketones is 1. The van der Waals surface area contributed by atoms with E-state index in [2.05, 4.69) is 20.9 Å². The molecule has 0 atom stereocenters. The maximum absolute atomic E-state index is 13.8. The number of nitrogens with zero attached hydrogens (tertiary/aromatic N) is 3. The lowest BCUT2D eigenvalue weighted by Gasteiger charge is -2.43. The average molecular weight is 967 g/mol. The van der Waals surface area contributed by atoms with Crippen LogP contribution in [0.25, 0.3) is 0 Å². The van der Waals surface area contributed by atoms with Crippen molar-refractivity contribution < 1.29 is 68.5 Å². The maximum atomic E-state index is 13.8. The number of alkyl carbamates (subject to hydrolysis) is 2. The molecule has 2 amide bonds. The van der Waals surface area contributed by atoms with Crippen molar-refractivity contribution in [3.05, 3.63) is 48.0 Å². The third kappa shape index (κ3) is 20.9. The summed E-state index contributed by atoms with van der Waals surface area (Å²) < 4.78 is 121. The van der Waals surface area contributed by atoms with Crippen molar-refractivity contribution in [3.63, 3.8) is 0 Å². The summed E-state index contributed by atoms with van der Waals surface area (Å²) in [6, 6.07) is 7.70. The van der Waals surface area contributed by atoms with Gasteiger partial charge in [0.05, 0.1) is 11.4 Å². The first-order valence-corrected chi connectivity index (χ1v) is 22.7. The molecule has 21 heteroatoms. The second kappa shape index (κ2) is 24.5. The van der Waals surface area contributed by atoms with Gasteiger partial charge in [0.1, 0.15) is 40.1 Å². The van der Waals surface area contributed by atoms with Gasteiger partial charge in [0.15, 0.2) is 13.2 Å². The topological polar surface area (TPSA) is 134 Å². The SMILES string of the molecule is CC(C)(C)OC(=O)NC1CCC(=O)CC1.CC(C)(C)OC(=O)NC1CCC(N2CCN(c3cc(F)ccc3OCC(F)(F)F)CC2)CC1.Fc1ccc(OCC(F)(F)F)c(N2CCNCC2)c1. The number of Topliss-reactive ketones (excluding diaryl/α,β-unsaturated/α-hetero) is 1. The maximum Gasteiger partial charge on any atom is 0.422 e. The molecule has 6 rings (SSSR count). The zero-order chi connectivity index (χ0) is 49.6. The summed E-state index contributed by atoms with van der Waals surface area (Å²) in [5.41, 5.74) is -0.274. The summed E-state index contributed by atoms with van der Waals surface area (Å²) in [6.45, 7) is 13.4. The molecule has 3 N–H and O–H groups in total. The molecule has 2 saturated carbocycles. The second-order valence-corrected chi connectivity index (χ2v) is 18.9. The van der Waals surface area contributed by atoms with Gasteiger partial charge < -0.3 is 44.7 Å². The minimum Gasteiger partial charge on any atom is -0.482 e. The van der Waals surface area contributed by atoms with Crippen LogP contribution in [-0.2, 0) is 14.3 Å². The normalized spacial score (nSPS) is 20.1. The van der Waals surface area contributed by atoms with E-state index >= 15 is 0 Å². The van der Waals surface area contributed by atoms with Gasteiger partial charge in [-0.1, -0.05) is 0 Å². The summed E-state index contributed by atoms with van der Waals surface area (Å²) >= 11 is 0. The standard InChI is InChI=1S/C23H33F4N3O3.C12H14F4N2O.C11H19NO3/c1-22(2,3)33-21(31)28-17-5-7-18(8-6-17)29-10-12-30(13-11-29)19-14-16(24)4-9-20(19)32-15-23(25,26)27;13-9-1-2-11(19-8-12(14,15)16)10(7-9)18-5-3-17-4-6-18;1-11(2,3)15-10(14)12-8-4-6-9(13)7-5-8/h4,9,14,17-18H,5-8,10-13,15H2,1-3H3,(H,28,31);1-2,7,17H,3-6,8H2;8H,4-7H2,1-3H3,(H,12,14). The molecule has 4 fully saturated rings. The molecule has 0 spiro atoms. The third-order valence-corrected chi connectivity index (χ3v) is 10.9. The molecule has 67 heavy (non-hydrogen) atoms. The Morgan fingerprint density at radius 3 is 1.42 bits per heavy atom. The Labute approximate surface area is 387 Å². The van der Waals surface area contributed by atoms with E-state index < -0.39 is 54.5 Å². The average Bonchev–Trinajstić information content (AvgIpc) is 3.23. The van der Waals surface area contributed by atoms with Crippen molar-refractivity contribution in [1.82, 2.24) is 20.9 Å². The molecule has 2 aromatic carbocycles. The summed E-state index contributed by atoms with van der Waals surface area (Å²) in [5, 5.41) is 8.85. The Morgan fingerprint density at radius 1 is 0.612 bits per heavy atom. The van der Waals surface area contributed by atoms with Gasteiger partial charge in [-0.25, -0.2) is 18.4 Å². The quantitative estimate of drug-likeness (QED) is 0.208. The number of benzene rings is 2. The molecule has 2 saturated heterocycles. The van der Waals surface area contributed by atoms with Gasteiger partial charge in [0.25, 0.3) is 0 Å². The van der Waals surface area contributed by atoms with Crippen LogP contribution in [-0.4, -0.2) is 130 Å². The lowest BCUT2D eigenvalue weighted by Crippen LogP contribution is -2.52. The number of halogens is 8. The number of anilines is 2. The Morgan fingerprint density at radius 2 is 1.01 bits per heavy atom. The van der Waals surface area contributed by atoms with Crippen LogP contribution in [0.5, 0.6) is 11.5 Å². The van der Waals surface area contributed by atoms with Crippen molar-refractivity contribution in [1.29, 1.82) is 0 Å². The van der Waals surface area contributed by atoms with Crippen molar-refractivity contribution in [2.45, 2.75) is 135 Å². The summed E-state index contributed by atoms with van der Waals surface area (Å²) in [7, 11) is 0. The number of piperazine rings is 2. The Hall–Kier alpha value is -4.79. The van der Waals surface area contributed by atoms with Crippen molar-refractivity contribution in [3.8, 4) is 11.5 Å². The first-order chi connectivity index (χ1) is 31.2. The first kappa shape index (κ1) is 54.8. The number of alkyl halides is 6. The number of ether oxygens (including phenoxy) is 4. The van der Waals surface area contributed by atoms with Crippen LogP contribution in [0.15, 0.2) is 36.4 Å². The fourth-order valence-corrected chi connectivity index (χ4v) is 7.89. The number of amides is 2. The van der Waals surface area contributed by atoms with Crippen molar-refractivity contribution in [2.75, 3.05) is 75.4 Å². The zero-order valence-corrected chi connectivity index (χ0v) is 39.1. The van der Waals surface area contributed by atoms with E-state index in [0.717, 1.165) is 63.7 Å². The summed E-state index contributed by atoms with van der Waals surface area (Å²) in [5.74, 6) is -0.621. The van der Waals surface area contributed by atoms with Gasteiger partial charge in [0.2, 0.25) is 0 Å². The molecule has 2 heterocycles. The number of hydrogen-bond donors (Lipinski definition) is 3. The van der Waals surface area contributed by atoms with Crippen LogP contribution in [0.1, 0.15) is 92.9 Å². The molecule has 2 aromatic rings. The van der Waals surface area contributed by atoms with E-state index in [9.17, 15) is 49.5 Å². The largest absolute Gasteiger partial charge is 0.482 e. The van der Waals surface area contributed by atoms with Crippen LogP contribution < -0.4 is 35.2 Å². The fraction of sp³-hybridized carbons (Fsp3) is 0.674. The Kier molecular flexibility index (Phi) is 20.0. The van der Waals surface area contributed by atoms with E-state index in [1.165, 1.54) is 24.3 Å². The van der Waals surface area contributed by atoms with Gasteiger partial charge in [-0.15, -0.1) is 0 Å². The van der Waals surface area contributed by atoms with E-state index in [1.807, 2.05) is 51.3 Å². The molecule has 0 radical (unpaired) electrons. The predicted molar refractivity (Wildman–Crippen MR) is 237 cm³/mol. The molecule has 0 unspecified atom stereocenters. The Balaban J connectivity index is 0.000000243. The van der Waals surface area contributed by atoms with Gasteiger partial charge >= 0.3 is 24.5 Å². The van der Waals surface area contributed by atoms with E-state index in [0.29, 0.717) is 69.5 Å². The fourth-order valence-electron chi connectivity index (χ4n) is 7.89. The van der Waals surface area contributed by atoms with Crippen LogP contribution in [0.4, 0.5) is 56.1 Å². The number of hydrogen-bond acceptors (Lipinski definition) is 11. The molecule has 2 aliphatic heterocycles. The van der Waals surface area contributed by atoms with Crippen molar-refractivity contribution >= 4 is 29.3 Å². The molecule has 2 aliphatic carbocycles. The first-order valence-electron chi connectivity index (χ1n) is 22.7. The van der Waals surface area contributed by atoms with Crippen LogP contribution in [0.2, 0.25) is 0 Å². The lowest BCUT2D eigenvalue weighted by atomic mass is 9.90. The number of nitrogens with one attached hydrogen (secondary N) is 3. The smallest absolute Gasteiger partial charge is 0.422 e. The minimum absolute atomic E-state index is 0.0379. The van der Waals surface area contributed by atoms with Crippen LogP contribution in [0, 0.1) is 11.6 Å². The Bertz CT molecular complexity index is 1880. The molecule has 378 valence electrons. The second-order valence-electron chi connectivity index (χ2n) is 18.9. The zero-order valence-electron chi connectivity index (χ0n) is 39.1. The van der Waals surface area contributed by atoms with Crippen molar-refractivity contribution in [2.24, 2.45) is 0 Å². The molecule has 13 nitrogen and oxygen atoms in total. The van der Waals surface area contributed by atoms with Gasteiger partial charge in [-0.3, -0.25) is 9.69 Å². The number of carbonyl (C=O) groups excluding carboxylic acids is 3. The van der Waals surface area contributed by atoms with Gasteiger partial charge in [0, 0.05) is 95.5 Å². The summed E-state index contributed by atoms with van der Waals surface area (Å²) in [4.78, 5) is 40.4. The van der Waals surface area contributed by atoms with E-state index in [-0.39, 0.29) is 35.5 Å². The van der Waals surface area contributed by atoms with Crippen LogP contribution in [0.3, 0.4) is 0 Å². The molecule has 0 aromatic heterocycles. The minimum atomic E-state index is -4.46. The molecule has 0 bridgehead atoms. The van der Waals surface area contributed by atoms with Gasteiger partial charge in [-0.2, -0.15) is 26.3 Å². The number of carbonyl (C=O) groups is 3. The molecule has 4 aliphatic rings. The predicted octanol–water partition coefficient (Wildman–Crippen LogP) is 8.92. The molecular weight excluding hydrogens is 901 g/mol. The van der Waals surface area contributed by atoms with Crippen LogP contribution >= 0.6 is 0 Å². The summed E-state index contributed by atoms with van der Waals surface area (Å²) in [6.07, 6.45) is -3.42. The highest BCUT2D eigenvalue weighted by Crippen LogP contribution is 2.34. The van der Waals surface area contributed by atoms with E-state index in [1.54, 1.807) is 0 Å². The monoisotopic (exact) mass is 966 g/mol. The van der Waals surface area contributed by atoms with E-state index in [4.69, 9.17) is 18.9 Å². The highest BCUT2D eigenvalue weighted by atomic mass is 19.4. The lowest BCUT2D eigenvalue weighted by molar-refractivity contribution is -0.154. The highest BCUT2D eigenvalue weighted by molar-refractivity contribution is 5.79. The highest BCUT2D eigenvalue weighted by Gasteiger charge is 2.33. The molecular formula is C46H66F8N6O7. The third-order valence-electron chi connectivity index (χ3n) is 10.9.